The molecule has 5 heteroatoms. The first-order valence-corrected chi connectivity index (χ1v) is 8.27. The molecule has 1 aliphatic rings. The Kier molecular flexibility index (Phi) is 3.69. The van der Waals surface area contributed by atoms with Crippen LogP contribution in [0.15, 0.2) is 54.7 Å². The Balaban J connectivity index is 1.52. The van der Waals surface area contributed by atoms with Gasteiger partial charge in [-0.3, -0.25) is 4.79 Å². The lowest BCUT2D eigenvalue weighted by atomic mass is 10.2. The number of nitrogens with zero attached hydrogens (tertiary/aromatic N) is 4. The van der Waals surface area contributed by atoms with E-state index < -0.39 is 0 Å². The second-order valence-corrected chi connectivity index (χ2v) is 6.08. The minimum atomic E-state index is 0.0273. The highest BCUT2D eigenvalue weighted by Crippen LogP contribution is 2.19. The van der Waals surface area contributed by atoms with E-state index in [9.17, 15) is 4.79 Å². The molecular weight excluding hydrogens is 300 g/mol. The number of hydrogen-bond acceptors (Lipinski definition) is 3. The van der Waals surface area contributed by atoms with Crippen molar-refractivity contribution in [1.82, 2.24) is 14.3 Å². The number of benzene rings is 1. The zero-order valence-corrected chi connectivity index (χ0v) is 13.7. The van der Waals surface area contributed by atoms with Crippen LogP contribution in [0.25, 0.3) is 5.52 Å². The molecule has 4 rings (SSSR count). The van der Waals surface area contributed by atoms with Crippen molar-refractivity contribution in [1.29, 1.82) is 0 Å². The smallest absolute Gasteiger partial charge is 0.274 e. The minimum absolute atomic E-state index is 0.0273. The Hall–Kier alpha value is -2.82. The van der Waals surface area contributed by atoms with E-state index in [1.54, 1.807) is 0 Å². The molecule has 0 spiro atoms. The fraction of sp³-hybridized carbons (Fsp3) is 0.263. The van der Waals surface area contributed by atoms with Crippen molar-refractivity contribution in [3.05, 3.63) is 66.2 Å². The summed E-state index contributed by atoms with van der Waals surface area (Å²) in [5.74, 6) is 0.872. The van der Waals surface area contributed by atoms with E-state index in [-0.39, 0.29) is 5.91 Å². The van der Waals surface area contributed by atoms with Crippen LogP contribution in [-0.4, -0.2) is 46.4 Å². The standard InChI is InChI=1S/C19H20N4O/c1-15-20-18(17-9-5-6-10-23(15)17)19(24)22-13-11-21(12-14-22)16-7-3-2-4-8-16/h2-10H,11-14H2,1H3. The summed E-state index contributed by atoms with van der Waals surface area (Å²) in [6.07, 6.45) is 1.95. The average molecular weight is 320 g/mol. The topological polar surface area (TPSA) is 40.9 Å². The molecule has 0 bridgehead atoms. The van der Waals surface area contributed by atoms with E-state index in [4.69, 9.17) is 0 Å². The lowest BCUT2D eigenvalue weighted by Crippen LogP contribution is -2.48. The van der Waals surface area contributed by atoms with Gasteiger partial charge in [0.2, 0.25) is 0 Å². The number of carbonyl (C=O) groups excluding carboxylic acids is 1. The number of carbonyl (C=O) groups is 1. The number of aryl methyl sites for hydroxylation is 1. The molecule has 1 amide bonds. The van der Waals surface area contributed by atoms with E-state index in [0.29, 0.717) is 5.69 Å². The van der Waals surface area contributed by atoms with Crippen LogP contribution < -0.4 is 4.90 Å². The number of para-hydroxylation sites is 1. The van der Waals surface area contributed by atoms with E-state index in [1.165, 1.54) is 5.69 Å². The maximum absolute atomic E-state index is 12.9. The van der Waals surface area contributed by atoms with Crippen LogP contribution in [0.1, 0.15) is 16.3 Å². The molecule has 1 saturated heterocycles. The summed E-state index contributed by atoms with van der Waals surface area (Å²) in [4.78, 5) is 21.6. The summed E-state index contributed by atoms with van der Waals surface area (Å²) < 4.78 is 1.97. The van der Waals surface area contributed by atoms with Crippen LogP contribution in [0, 0.1) is 6.92 Å². The summed E-state index contributed by atoms with van der Waals surface area (Å²) >= 11 is 0. The van der Waals surface area contributed by atoms with Gasteiger partial charge in [0.15, 0.2) is 5.69 Å². The monoisotopic (exact) mass is 320 g/mol. The maximum atomic E-state index is 12.9. The van der Waals surface area contributed by atoms with E-state index in [0.717, 1.165) is 37.5 Å². The number of anilines is 1. The molecule has 24 heavy (non-hydrogen) atoms. The van der Waals surface area contributed by atoms with Gasteiger partial charge in [-0.15, -0.1) is 0 Å². The van der Waals surface area contributed by atoms with E-state index in [1.807, 2.05) is 58.8 Å². The Bertz CT molecular complexity index is 863. The highest BCUT2D eigenvalue weighted by Gasteiger charge is 2.25. The first-order chi connectivity index (χ1) is 11.7. The van der Waals surface area contributed by atoms with E-state index >= 15 is 0 Å². The van der Waals surface area contributed by atoms with Crippen molar-refractivity contribution in [2.45, 2.75) is 6.92 Å². The molecule has 1 fully saturated rings. The highest BCUT2D eigenvalue weighted by atomic mass is 16.2. The van der Waals surface area contributed by atoms with Crippen LogP contribution in [0.2, 0.25) is 0 Å². The predicted molar refractivity (Wildman–Crippen MR) is 94.5 cm³/mol. The van der Waals surface area contributed by atoms with Crippen molar-refractivity contribution >= 4 is 17.1 Å². The van der Waals surface area contributed by atoms with Gasteiger partial charge in [0.05, 0.1) is 5.52 Å². The molecule has 5 nitrogen and oxygen atoms in total. The summed E-state index contributed by atoms with van der Waals surface area (Å²) in [5.41, 5.74) is 2.65. The second-order valence-electron chi connectivity index (χ2n) is 6.08. The Labute approximate surface area is 141 Å². The number of rotatable bonds is 2. The van der Waals surface area contributed by atoms with Crippen molar-refractivity contribution in [2.75, 3.05) is 31.1 Å². The third-order valence-electron chi connectivity index (χ3n) is 4.62. The zero-order chi connectivity index (χ0) is 16.5. The molecule has 3 heterocycles. The van der Waals surface area contributed by atoms with Crippen molar-refractivity contribution in [2.24, 2.45) is 0 Å². The zero-order valence-electron chi connectivity index (χ0n) is 13.7. The minimum Gasteiger partial charge on any atom is -0.368 e. The van der Waals surface area contributed by atoms with E-state index in [2.05, 4.69) is 22.0 Å². The number of amides is 1. The SMILES string of the molecule is Cc1nc(C(=O)N2CCN(c3ccccc3)CC2)c2ccccn12. The fourth-order valence-corrected chi connectivity index (χ4v) is 3.30. The molecule has 0 saturated carbocycles. The predicted octanol–water partition coefficient (Wildman–Crippen LogP) is 2.61. The third-order valence-corrected chi connectivity index (χ3v) is 4.62. The molecular formula is C19H20N4O. The quantitative estimate of drug-likeness (QED) is 0.729. The normalized spacial score (nSPS) is 15.0. The molecule has 0 N–H and O–H groups in total. The number of fused-ring (bicyclic) bond motifs is 1. The summed E-state index contributed by atoms with van der Waals surface area (Å²) in [7, 11) is 0. The van der Waals surface area contributed by atoms with Crippen LogP contribution in [0.3, 0.4) is 0 Å². The molecule has 0 unspecified atom stereocenters. The van der Waals surface area contributed by atoms with Gasteiger partial charge in [0.1, 0.15) is 5.82 Å². The van der Waals surface area contributed by atoms with Gasteiger partial charge in [0, 0.05) is 38.1 Å². The largest absolute Gasteiger partial charge is 0.368 e. The number of hydrogen-bond donors (Lipinski definition) is 0. The van der Waals surface area contributed by atoms with Crippen molar-refractivity contribution < 1.29 is 4.79 Å². The summed E-state index contributed by atoms with van der Waals surface area (Å²) in [6.45, 7) is 5.06. The van der Waals surface area contributed by atoms with Crippen molar-refractivity contribution in [3.63, 3.8) is 0 Å². The van der Waals surface area contributed by atoms with Crippen LogP contribution >= 0.6 is 0 Å². The Morgan fingerprint density at radius 2 is 1.67 bits per heavy atom. The van der Waals surface area contributed by atoms with Crippen LogP contribution in [0.4, 0.5) is 5.69 Å². The average Bonchev–Trinajstić information content (AvgIpc) is 2.99. The van der Waals surface area contributed by atoms with Crippen molar-refractivity contribution in [3.8, 4) is 0 Å². The highest BCUT2D eigenvalue weighted by molar-refractivity contribution is 5.99. The maximum Gasteiger partial charge on any atom is 0.274 e. The summed E-state index contributed by atoms with van der Waals surface area (Å²) in [5, 5.41) is 0. The van der Waals surface area contributed by atoms with Gasteiger partial charge >= 0.3 is 0 Å². The lowest BCUT2D eigenvalue weighted by Gasteiger charge is -2.35. The lowest BCUT2D eigenvalue weighted by molar-refractivity contribution is 0.0743. The molecule has 0 atom stereocenters. The fourth-order valence-electron chi connectivity index (χ4n) is 3.30. The molecule has 3 aromatic rings. The van der Waals surface area contributed by atoms with Gasteiger partial charge in [-0.1, -0.05) is 24.3 Å². The Morgan fingerprint density at radius 1 is 0.958 bits per heavy atom. The second kappa shape index (κ2) is 6.00. The van der Waals surface area contributed by atoms with Gasteiger partial charge in [-0.25, -0.2) is 4.98 Å². The molecule has 0 radical (unpaired) electrons. The molecule has 122 valence electrons. The van der Waals surface area contributed by atoms with Crippen LogP contribution in [-0.2, 0) is 0 Å². The van der Waals surface area contributed by atoms with Gasteiger partial charge in [0.25, 0.3) is 5.91 Å². The van der Waals surface area contributed by atoms with Gasteiger partial charge < -0.3 is 14.2 Å². The number of imidazole rings is 1. The third kappa shape index (κ3) is 2.52. The summed E-state index contributed by atoms with van der Waals surface area (Å²) in [6, 6.07) is 16.2. The molecule has 2 aromatic heterocycles. The number of piperazine rings is 1. The molecule has 1 aliphatic heterocycles. The number of pyridine rings is 1. The first-order valence-electron chi connectivity index (χ1n) is 8.27. The van der Waals surface area contributed by atoms with Gasteiger partial charge in [-0.2, -0.15) is 0 Å². The Morgan fingerprint density at radius 3 is 2.42 bits per heavy atom. The molecule has 1 aromatic carbocycles. The first kappa shape index (κ1) is 14.8. The van der Waals surface area contributed by atoms with Gasteiger partial charge in [-0.05, 0) is 31.2 Å². The van der Waals surface area contributed by atoms with Crippen LogP contribution in [0.5, 0.6) is 0 Å². The molecule has 0 aliphatic carbocycles. The number of aromatic nitrogens is 2.